The van der Waals surface area contributed by atoms with Crippen molar-refractivity contribution in [3.8, 4) is 0 Å². The Kier molecular flexibility index (Phi) is 10.7. The summed E-state index contributed by atoms with van der Waals surface area (Å²) in [7, 11) is 0. The molecular weight excluding hydrogens is 482 g/mol. The number of rotatable bonds is 13. The van der Waals surface area contributed by atoms with E-state index >= 15 is 0 Å². The third-order valence-electron chi connectivity index (χ3n) is 7.08. The molecule has 2 saturated heterocycles. The molecule has 3 amide bonds. The number of halogens is 2. The Morgan fingerprint density at radius 2 is 1.92 bits per heavy atom. The topological polar surface area (TPSA) is 94.1 Å². The van der Waals surface area contributed by atoms with Gasteiger partial charge in [0.1, 0.15) is 17.7 Å². The fraction of sp³-hybridized carbons (Fsp3) is 0.704. The van der Waals surface area contributed by atoms with Crippen molar-refractivity contribution in [1.29, 1.82) is 0 Å². The minimum absolute atomic E-state index is 0.0299. The van der Waals surface area contributed by atoms with E-state index in [0.717, 1.165) is 25.3 Å². The average Bonchev–Trinajstić information content (AvgIpc) is 3.43. The maximum absolute atomic E-state index is 13.9. The number of unbranched alkanes of at least 4 members (excludes halogenated alkanes) is 1. The zero-order valence-electron chi connectivity index (χ0n) is 22.4. The van der Waals surface area contributed by atoms with E-state index in [1.54, 1.807) is 9.80 Å². The largest absolute Gasteiger partial charge is 0.389 e. The zero-order chi connectivity index (χ0) is 27.1. The van der Waals surface area contributed by atoms with Crippen LogP contribution in [0.2, 0.25) is 0 Å². The number of urea groups is 1. The van der Waals surface area contributed by atoms with Crippen molar-refractivity contribution in [3.05, 3.63) is 35.4 Å². The summed E-state index contributed by atoms with van der Waals surface area (Å²) in [6.45, 7) is 9.79. The number of aliphatic hydroxyl groups is 1. The van der Waals surface area contributed by atoms with E-state index in [1.807, 2.05) is 20.8 Å². The van der Waals surface area contributed by atoms with E-state index in [2.05, 4.69) is 17.6 Å². The van der Waals surface area contributed by atoms with E-state index in [4.69, 9.17) is 4.74 Å². The fourth-order valence-corrected chi connectivity index (χ4v) is 5.23. The summed E-state index contributed by atoms with van der Waals surface area (Å²) in [6, 6.07) is 0.904. The molecule has 0 saturated carbocycles. The monoisotopic (exact) mass is 524 g/mol. The summed E-state index contributed by atoms with van der Waals surface area (Å²) in [5.74, 6) is -1.84. The molecule has 2 aliphatic heterocycles. The number of carbonyl (C=O) groups excluding carboxylic acids is 2. The van der Waals surface area contributed by atoms with E-state index in [-0.39, 0.29) is 37.2 Å². The fourth-order valence-electron chi connectivity index (χ4n) is 5.23. The summed E-state index contributed by atoms with van der Waals surface area (Å²) < 4.78 is 33.7. The second kappa shape index (κ2) is 13.5. The quantitative estimate of drug-likeness (QED) is 0.345. The van der Waals surface area contributed by atoms with Crippen LogP contribution in [-0.2, 0) is 16.0 Å². The predicted octanol–water partition coefficient (Wildman–Crippen LogP) is 2.82. The molecule has 3 rings (SSSR count). The molecule has 1 aromatic carbocycles. The van der Waals surface area contributed by atoms with Crippen molar-refractivity contribution in [2.75, 3.05) is 26.2 Å². The van der Waals surface area contributed by atoms with Gasteiger partial charge in [-0.25, -0.2) is 13.6 Å². The van der Waals surface area contributed by atoms with Gasteiger partial charge in [0.25, 0.3) is 0 Å². The Morgan fingerprint density at radius 3 is 2.54 bits per heavy atom. The van der Waals surface area contributed by atoms with Gasteiger partial charge in [0.05, 0.1) is 24.8 Å². The van der Waals surface area contributed by atoms with Gasteiger partial charge < -0.3 is 30.3 Å². The van der Waals surface area contributed by atoms with E-state index < -0.39 is 35.7 Å². The van der Waals surface area contributed by atoms with Gasteiger partial charge in [-0.3, -0.25) is 4.79 Å². The van der Waals surface area contributed by atoms with E-state index in [0.29, 0.717) is 31.7 Å². The van der Waals surface area contributed by atoms with Crippen molar-refractivity contribution in [2.24, 2.45) is 0 Å². The Balaban J connectivity index is 1.78. The van der Waals surface area contributed by atoms with Crippen LogP contribution >= 0.6 is 0 Å². The lowest BCUT2D eigenvalue weighted by Crippen LogP contribution is -2.57. The van der Waals surface area contributed by atoms with Crippen molar-refractivity contribution in [3.63, 3.8) is 0 Å². The molecule has 0 radical (unpaired) electrons. The second-order valence-electron chi connectivity index (χ2n) is 10.4. The molecule has 3 N–H and O–H groups in total. The standard InChI is InChI=1S/C27H42F2N4O4/c1-5-7-9-37-21-14-22(30-15-21)25(34)23(12-18-10-19(28)13-20(29)11-18)31-26(35)24-16-32(8-6-2)27(36)33(24)17(3)4/h10-11,13,17,21-25,30,34H,5-9,12,14-16H2,1-4H3,(H,31,35)/t21-,22-,23+,24+,25-/m1/s1. The first-order valence-corrected chi connectivity index (χ1v) is 13.5. The molecule has 0 spiro atoms. The van der Waals surface area contributed by atoms with Crippen LogP contribution in [0.15, 0.2) is 18.2 Å². The van der Waals surface area contributed by atoms with Crippen LogP contribution in [0, 0.1) is 11.6 Å². The number of aliphatic hydroxyl groups excluding tert-OH is 1. The molecule has 10 heteroatoms. The van der Waals surface area contributed by atoms with E-state index in [1.165, 1.54) is 12.1 Å². The lowest BCUT2D eigenvalue weighted by molar-refractivity contribution is -0.126. The Bertz CT molecular complexity index is 898. The summed E-state index contributed by atoms with van der Waals surface area (Å²) in [5, 5.41) is 17.5. The van der Waals surface area contributed by atoms with Gasteiger partial charge in [-0.2, -0.15) is 0 Å². The number of nitrogens with one attached hydrogen (secondary N) is 2. The first kappa shape index (κ1) is 29.3. The number of carbonyl (C=O) groups is 2. The molecule has 0 aliphatic carbocycles. The number of ether oxygens (including phenoxy) is 1. The summed E-state index contributed by atoms with van der Waals surface area (Å²) in [4.78, 5) is 29.6. The Labute approximate surface area is 218 Å². The smallest absolute Gasteiger partial charge is 0.321 e. The number of nitrogens with zero attached hydrogens (tertiary/aromatic N) is 2. The molecule has 0 bridgehead atoms. The highest BCUT2D eigenvalue weighted by molar-refractivity contribution is 5.91. The third kappa shape index (κ3) is 7.61. The van der Waals surface area contributed by atoms with Crippen LogP contribution in [-0.4, -0.2) is 89.5 Å². The molecule has 37 heavy (non-hydrogen) atoms. The average molecular weight is 525 g/mol. The highest BCUT2D eigenvalue weighted by Gasteiger charge is 2.44. The first-order chi connectivity index (χ1) is 17.6. The van der Waals surface area contributed by atoms with E-state index in [9.17, 15) is 23.5 Å². The van der Waals surface area contributed by atoms with Gasteiger partial charge in [-0.1, -0.05) is 20.3 Å². The third-order valence-corrected chi connectivity index (χ3v) is 7.08. The molecule has 0 aromatic heterocycles. The highest BCUT2D eigenvalue weighted by atomic mass is 19.1. The maximum atomic E-state index is 13.9. The Morgan fingerprint density at radius 1 is 1.22 bits per heavy atom. The number of amides is 3. The van der Waals surface area contributed by atoms with Gasteiger partial charge in [-0.15, -0.1) is 0 Å². The van der Waals surface area contributed by atoms with Crippen LogP contribution in [0.1, 0.15) is 58.9 Å². The molecule has 5 atom stereocenters. The molecular formula is C27H42F2N4O4. The normalized spacial score (nSPS) is 23.7. The van der Waals surface area contributed by atoms with Crippen molar-refractivity contribution < 1.29 is 28.2 Å². The van der Waals surface area contributed by atoms with Crippen LogP contribution in [0.25, 0.3) is 0 Å². The SMILES string of the molecule is CCCCO[C@H]1CN[C@@H]([C@@H](O)[C@H](Cc2cc(F)cc(F)c2)NC(=O)[C@@H]2CN(CCC)C(=O)N2C(C)C)C1. The number of hydrogen-bond donors (Lipinski definition) is 3. The lowest BCUT2D eigenvalue weighted by atomic mass is 9.94. The maximum Gasteiger partial charge on any atom is 0.321 e. The van der Waals surface area contributed by atoms with Crippen molar-refractivity contribution >= 4 is 11.9 Å². The van der Waals surface area contributed by atoms with Crippen molar-refractivity contribution in [2.45, 2.75) is 96.2 Å². The van der Waals surface area contributed by atoms with Crippen LogP contribution in [0.3, 0.4) is 0 Å². The second-order valence-corrected chi connectivity index (χ2v) is 10.4. The molecule has 1 aromatic rings. The lowest BCUT2D eigenvalue weighted by Gasteiger charge is -2.32. The summed E-state index contributed by atoms with van der Waals surface area (Å²) >= 11 is 0. The molecule has 0 unspecified atom stereocenters. The molecule has 2 aliphatic rings. The predicted molar refractivity (Wildman–Crippen MR) is 137 cm³/mol. The summed E-state index contributed by atoms with van der Waals surface area (Å²) in [5.41, 5.74) is 0.325. The minimum atomic E-state index is -1.04. The Hall–Kier alpha value is -2.30. The highest BCUT2D eigenvalue weighted by Crippen LogP contribution is 2.22. The van der Waals surface area contributed by atoms with Crippen LogP contribution in [0.5, 0.6) is 0 Å². The van der Waals surface area contributed by atoms with Gasteiger partial charge in [-0.05, 0) is 57.2 Å². The summed E-state index contributed by atoms with van der Waals surface area (Å²) in [6.07, 6.45) is 2.24. The van der Waals surface area contributed by atoms with Gasteiger partial charge in [0.2, 0.25) is 5.91 Å². The first-order valence-electron chi connectivity index (χ1n) is 13.5. The van der Waals surface area contributed by atoms with Crippen LogP contribution in [0.4, 0.5) is 13.6 Å². The molecule has 8 nitrogen and oxygen atoms in total. The van der Waals surface area contributed by atoms with Crippen molar-refractivity contribution in [1.82, 2.24) is 20.4 Å². The minimum Gasteiger partial charge on any atom is -0.389 e. The zero-order valence-corrected chi connectivity index (χ0v) is 22.4. The number of hydrogen-bond acceptors (Lipinski definition) is 5. The number of benzene rings is 1. The molecule has 2 fully saturated rings. The molecule has 2 heterocycles. The van der Waals surface area contributed by atoms with Gasteiger partial charge in [0, 0.05) is 37.8 Å². The van der Waals surface area contributed by atoms with Gasteiger partial charge in [0.15, 0.2) is 0 Å². The van der Waals surface area contributed by atoms with Crippen LogP contribution < -0.4 is 10.6 Å². The molecule has 208 valence electrons. The van der Waals surface area contributed by atoms with Gasteiger partial charge >= 0.3 is 6.03 Å².